The van der Waals surface area contributed by atoms with Crippen molar-refractivity contribution in [2.75, 3.05) is 6.61 Å². The summed E-state index contributed by atoms with van der Waals surface area (Å²) in [5.41, 5.74) is 0. The molecule has 0 saturated heterocycles. The van der Waals surface area contributed by atoms with Gasteiger partial charge in [0.05, 0.1) is 18.6 Å². The maximum Gasteiger partial charge on any atom is 1.00 e. The fourth-order valence-electron chi connectivity index (χ4n) is 2.40. The molecule has 0 heterocycles. The number of unbranched alkanes of at least 4 members (excludes halogenated alkanes) is 10. The number of amides is 1. The minimum atomic E-state index is -1.45. The van der Waals surface area contributed by atoms with Crippen LogP contribution in [0.2, 0.25) is 0 Å². The van der Waals surface area contributed by atoms with Gasteiger partial charge in [-0.05, 0) is 6.42 Å². The summed E-state index contributed by atoms with van der Waals surface area (Å²) in [5.74, 6) is -1.78. The van der Waals surface area contributed by atoms with Crippen LogP contribution in [0, 0.1) is 0 Å². The summed E-state index contributed by atoms with van der Waals surface area (Å²) in [4.78, 5) is 22.0. The Balaban J connectivity index is 0. The number of carboxylic acids is 1. The molecule has 0 aliphatic heterocycles. The van der Waals surface area contributed by atoms with Crippen LogP contribution in [0.5, 0.6) is 0 Å². The normalized spacial score (nSPS) is 11.6. The number of nitrogens with one attached hydrogen (secondary N) is 1. The van der Waals surface area contributed by atoms with E-state index >= 15 is 0 Å². The predicted molar refractivity (Wildman–Crippen MR) is 85.1 cm³/mol. The maximum absolute atomic E-state index is 11.5. The standard InChI is InChI=1S/C17H33NO4.Na/c1-2-3-4-5-6-7-8-9-10-11-12-13-16(20)18-15(14-19)17(21)22;/h15,19H,2-14H2,1H3,(H,18,20)(H,21,22);/q;+1/p-1/t15-;/m1./s1. The molecule has 23 heavy (non-hydrogen) atoms. The molecule has 0 aromatic heterocycles. The molecule has 0 rings (SSSR count). The van der Waals surface area contributed by atoms with Crippen molar-refractivity contribution >= 4 is 11.9 Å². The first-order chi connectivity index (χ1) is 10.6. The Bertz CT molecular complexity index is 300. The number of hydrogen-bond donors (Lipinski definition) is 2. The largest absolute Gasteiger partial charge is 1.00 e. The molecule has 1 amide bonds. The van der Waals surface area contributed by atoms with Crippen LogP contribution in [0.3, 0.4) is 0 Å². The van der Waals surface area contributed by atoms with Crippen LogP contribution in [0.25, 0.3) is 0 Å². The van der Waals surface area contributed by atoms with E-state index in [1.807, 2.05) is 0 Å². The van der Waals surface area contributed by atoms with E-state index < -0.39 is 18.6 Å². The van der Waals surface area contributed by atoms with Crippen molar-refractivity contribution in [1.29, 1.82) is 0 Å². The van der Waals surface area contributed by atoms with Crippen molar-refractivity contribution in [3.8, 4) is 0 Å². The molecule has 5 nitrogen and oxygen atoms in total. The number of aliphatic carboxylic acids is 1. The van der Waals surface area contributed by atoms with Gasteiger partial charge >= 0.3 is 29.6 Å². The number of aliphatic hydroxyl groups excluding tert-OH is 1. The minimum absolute atomic E-state index is 0. The van der Waals surface area contributed by atoms with Gasteiger partial charge in [-0.1, -0.05) is 71.1 Å². The molecule has 6 heteroatoms. The second kappa shape index (κ2) is 18.2. The van der Waals surface area contributed by atoms with Crippen molar-refractivity contribution in [3.63, 3.8) is 0 Å². The van der Waals surface area contributed by atoms with Gasteiger partial charge in [0.15, 0.2) is 0 Å². The topological polar surface area (TPSA) is 89.5 Å². The molecule has 0 spiro atoms. The average molecular weight is 337 g/mol. The predicted octanol–water partition coefficient (Wildman–Crippen LogP) is -1.08. The molecule has 1 atom stereocenters. The molecule has 2 N–H and O–H groups in total. The van der Waals surface area contributed by atoms with Crippen LogP contribution >= 0.6 is 0 Å². The fraction of sp³-hybridized carbons (Fsp3) is 0.882. The first kappa shape index (κ1) is 25.1. The van der Waals surface area contributed by atoms with Crippen LogP contribution in [0.15, 0.2) is 0 Å². The second-order valence-corrected chi connectivity index (χ2v) is 5.91. The minimum Gasteiger partial charge on any atom is -0.548 e. The fourth-order valence-corrected chi connectivity index (χ4v) is 2.40. The second-order valence-electron chi connectivity index (χ2n) is 5.91. The zero-order valence-corrected chi connectivity index (χ0v) is 16.9. The van der Waals surface area contributed by atoms with E-state index in [-0.39, 0.29) is 35.5 Å². The molecule has 0 aliphatic carbocycles. The van der Waals surface area contributed by atoms with Gasteiger partial charge in [-0.3, -0.25) is 4.79 Å². The monoisotopic (exact) mass is 337 g/mol. The number of carbonyl (C=O) groups excluding carboxylic acids is 2. The Hall–Kier alpha value is -0.100. The number of rotatable bonds is 15. The molecule has 0 aliphatic rings. The van der Waals surface area contributed by atoms with Gasteiger partial charge in [-0.2, -0.15) is 0 Å². The Morgan fingerprint density at radius 3 is 1.74 bits per heavy atom. The summed E-state index contributed by atoms with van der Waals surface area (Å²) < 4.78 is 0. The van der Waals surface area contributed by atoms with E-state index in [0.717, 1.165) is 19.3 Å². The molecular weight excluding hydrogens is 305 g/mol. The van der Waals surface area contributed by atoms with Gasteiger partial charge in [0.2, 0.25) is 5.91 Å². The Morgan fingerprint density at radius 2 is 1.35 bits per heavy atom. The van der Waals surface area contributed by atoms with Gasteiger partial charge < -0.3 is 20.3 Å². The zero-order chi connectivity index (χ0) is 16.6. The van der Waals surface area contributed by atoms with E-state index in [4.69, 9.17) is 5.11 Å². The van der Waals surface area contributed by atoms with Crippen molar-refractivity contribution in [3.05, 3.63) is 0 Å². The molecular formula is C17H32NNaO4. The number of aliphatic hydroxyl groups is 1. The van der Waals surface area contributed by atoms with Gasteiger partial charge in [0.1, 0.15) is 0 Å². The van der Waals surface area contributed by atoms with Gasteiger partial charge in [-0.15, -0.1) is 0 Å². The average Bonchev–Trinajstić information content (AvgIpc) is 2.50. The van der Waals surface area contributed by atoms with Gasteiger partial charge in [0, 0.05) is 6.42 Å². The van der Waals surface area contributed by atoms with E-state index in [1.165, 1.54) is 51.4 Å². The molecule has 0 saturated carbocycles. The molecule has 0 unspecified atom stereocenters. The molecule has 130 valence electrons. The van der Waals surface area contributed by atoms with Crippen molar-refractivity contribution < 1.29 is 49.4 Å². The van der Waals surface area contributed by atoms with Crippen LogP contribution in [-0.4, -0.2) is 29.6 Å². The smallest absolute Gasteiger partial charge is 0.548 e. The third kappa shape index (κ3) is 16.5. The summed E-state index contributed by atoms with van der Waals surface area (Å²) in [6.45, 7) is 1.59. The number of hydrogen-bond acceptors (Lipinski definition) is 4. The van der Waals surface area contributed by atoms with Crippen LogP contribution in [-0.2, 0) is 9.59 Å². The van der Waals surface area contributed by atoms with Crippen molar-refractivity contribution in [2.45, 2.75) is 90.0 Å². The Kier molecular flexibility index (Phi) is 19.9. The SMILES string of the molecule is CCCCCCCCCCCCCC(=O)N[C@H](CO)C(=O)[O-].[Na+]. The van der Waals surface area contributed by atoms with E-state index in [1.54, 1.807) is 0 Å². The van der Waals surface area contributed by atoms with Gasteiger partial charge in [-0.25, -0.2) is 0 Å². The van der Waals surface area contributed by atoms with Crippen LogP contribution in [0.1, 0.15) is 84.0 Å². The zero-order valence-electron chi connectivity index (χ0n) is 14.9. The number of carboxylic acid groups (broad SMARTS) is 1. The molecule has 0 bridgehead atoms. The van der Waals surface area contributed by atoms with Gasteiger partial charge in [0.25, 0.3) is 0 Å². The third-order valence-corrected chi connectivity index (χ3v) is 3.81. The Labute approximate surface area is 162 Å². The summed E-state index contributed by atoms with van der Waals surface area (Å²) in [6, 6.07) is -1.29. The number of carbonyl (C=O) groups is 2. The summed E-state index contributed by atoms with van der Waals surface area (Å²) in [6.07, 6.45) is 13.6. The first-order valence-corrected chi connectivity index (χ1v) is 8.72. The summed E-state index contributed by atoms with van der Waals surface area (Å²) in [7, 11) is 0. The van der Waals surface area contributed by atoms with Crippen molar-refractivity contribution in [2.24, 2.45) is 0 Å². The first-order valence-electron chi connectivity index (χ1n) is 8.72. The maximum atomic E-state index is 11.5. The Morgan fingerprint density at radius 1 is 0.913 bits per heavy atom. The molecule has 0 radical (unpaired) electrons. The molecule has 0 aromatic carbocycles. The van der Waals surface area contributed by atoms with E-state index in [9.17, 15) is 14.7 Å². The van der Waals surface area contributed by atoms with Crippen LogP contribution < -0.4 is 40.0 Å². The van der Waals surface area contributed by atoms with E-state index in [0.29, 0.717) is 6.42 Å². The summed E-state index contributed by atoms with van der Waals surface area (Å²) in [5, 5.41) is 21.6. The van der Waals surface area contributed by atoms with Crippen LogP contribution in [0.4, 0.5) is 0 Å². The third-order valence-electron chi connectivity index (χ3n) is 3.81. The van der Waals surface area contributed by atoms with Crippen molar-refractivity contribution in [1.82, 2.24) is 5.32 Å². The summed E-state index contributed by atoms with van der Waals surface area (Å²) >= 11 is 0. The quantitative estimate of drug-likeness (QED) is 0.294. The molecule has 0 fully saturated rings. The van der Waals surface area contributed by atoms with E-state index in [2.05, 4.69) is 12.2 Å². The molecule has 0 aromatic rings.